The number of nitrogens with one attached hydrogen (secondary N) is 4. The summed E-state index contributed by atoms with van der Waals surface area (Å²) in [6.45, 7) is 1.52. The molecule has 112 valence electrons. The molecule has 1 heterocycles. The fourth-order valence-corrected chi connectivity index (χ4v) is 2.41. The summed E-state index contributed by atoms with van der Waals surface area (Å²) in [6.07, 6.45) is 0. The maximum Gasteiger partial charge on any atom is 0.337 e. The molecule has 0 atom stereocenters. The predicted molar refractivity (Wildman–Crippen MR) is 84.5 cm³/mol. The quantitative estimate of drug-likeness (QED) is 0.627. The van der Waals surface area contributed by atoms with E-state index < -0.39 is 6.03 Å². The maximum absolute atomic E-state index is 11.6. The van der Waals surface area contributed by atoms with Crippen molar-refractivity contribution in [3.63, 3.8) is 0 Å². The van der Waals surface area contributed by atoms with Crippen LogP contribution >= 0.6 is 23.4 Å². The molecule has 21 heavy (non-hydrogen) atoms. The van der Waals surface area contributed by atoms with Crippen LogP contribution in [-0.2, 0) is 4.79 Å². The highest BCUT2D eigenvalue weighted by atomic mass is 35.5. The molecule has 1 aliphatic rings. The van der Waals surface area contributed by atoms with Crippen LogP contribution in [0.2, 0.25) is 5.02 Å². The number of halogens is 1. The lowest BCUT2D eigenvalue weighted by atomic mass is 10.3. The van der Waals surface area contributed by atoms with Gasteiger partial charge in [0.1, 0.15) is 0 Å². The number of carbonyl (C=O) groups is 2. The number of carbonyl (C=O) groups excluding carboxylic acids is 2. The van der Waals surface area contributed by atoms with Crippen LogP contribution in [0.1, 0.15) is 0 Å². The van der Waals surface area contributed by atoms with Gasteiger partial charge in [-0.3, -0.25) is 15.2 Å². The number of hydrazine groups is 1. The van der Waals surface area contributed by atoms with E-state index >= 15 is 0 Å². The Balaban J connectivity index is 1.67. The molecule has 9 heteroatoms. The molecule has 1 aliphatic heterocycles. The molecule has 0 saturated heterocycles. The first-order valence-electron chi connectivity index (χ1n) is 6.16. The first-order valence-corrected chi connectivity index (χ1v) is 7.52. The highest BCUT2D eigenvalue weighted by Gasteiger charge is 2.09. The zero-order chi connectivity index (χ0) is 15.1. The summed E-state index contributed by atoms with van der Waals surface area (Å²) < 4.78 is 0. The molecule has 0 spiro atoms. The minimum absolute atomic E-state index is 0.170. The number of aliphatic imine (C=N–C) groups is 1. The second kappa shape index (κ2) is 7.75. The van der Waals surface area contributed by atoms with Gasteiger partial charge in [0.25, 0.3) is 0 Å². The van der Waals surface area contributed by atoms with E-state index in [1.165, 1.54) is 11.8 Å². The lowest BCUT2D eigenvalue weighted by molar-refractivity contribution is -0.119. The van der Waals surface area contributed by atoms with Crippen LogP contribution in [0, 0.1) is 0 Å². The Bertz CT molecular complexity index is 566. The van der Waals surface area contributed by atoms with Crippen molar-refractivity contribution in [3.8, 4) is 0 Å². The van der Waals surface area contributed by atoms with E-state index in [-0.39, 0.29) is 11.7 Å². The Morgan fingerprint density at radius 2 is 2.24 bits per heavy atom. The summed E-state index contributed by atoms with van der Waals surface area (Å²) in [7, 11) is 0. The summed E-state index contributed by atoms with van der Waals surface area (Å²) in [6, 6.07) is 6.15. The Hall–Kier alpha value is -1.93. The van der Waals surface area contributed by atoms with Gasteiger partial charge in [-0.15, -0.1) is 0 Å². The fraction of sp³-hybridized carbons (Fsp3) is 0.250. The molecule has 0 fully saturated rings. The van der Waals surface area contributed by atoms with Crippen LogP contribution in [0.4, 0.5) is 10.5 Å². The largest absolute Gasteiger partial charge is 0.363 e. The number of hydrogen-bond acceptors (Lipinski definition) is 5. The van der Waals surface area contributed by atoms with Gasteiger partial charge in [-0.1, -0.05) is 29.4 Å². The molecule has 1 aromatic carbocycles. The number of anilines is 1. The van der Waals surface area contributed by atoms with E-state index in [1.807, 2.05) is 0 Å². The van der Waals surface area contributed by atoms with Crippen LogP contribution < -0.4 is 21.5 Å². The van der Waals surface area contributed by atoms with Gasteiger partial charge in [-0.25, -0.2) is 10.2 Å². The van der Waals surface area contributed by atoms with E-state index in [0.717, 1.165) is 18.3 Å². The lowest BCUT2D eigenvalue weighted by Crippen LogP contribution is -2.44. The van der Waals surface area contributed by atoms with Crippen molar-refractivity contribution in [2.24, 2.45) is 4.99 Å². The van der Waals surface area contributed by atoms with Crippen molar-refractivity contribution in [1.29, 1.82) is 0 Å². The smallest absolute Gasteiger partial charge is 0.337 e. The summed E-state index contributed by atoms with van der Waals surface area (Å²) >= 11 is 7.09. The third-order valence-corrected chi connectivity index (χ3v) is 3.57. The third kappa shape index (κ3) is 5.52. The fourth-order valence-electron chi connectivity index (χ4n) is 1.50. The normalized spacial score (nSPS) is 13.1. The lowest BCUT2D eigenvalue weighted by Gasteiger charge is -2.09. The van der Waals surface area contributed by atoms with Gasteiger partial charge in [0.2, 0.25) is 5.91 Å². The Morgan fingerprint density at radius 3 is 2.95 bits per heavy atom. The number of thioether (sulfide) groups is 1. The number of urea groups is 1. The van der Waals surface area contributed by atoms with Gasteiger partial charge in [0, 0.05) is 17.3 Å². The molecule has 0 aromatic heterocycles. The molecule has 0 saturated carbocycles. The summed E-state index contributed by atoms with van der Waals surface area (Å²) in [5, 5.41) is 6.83. The predicted octanol–water partition coefficient (Wildman–Crippen LogP) is 1.19. The standard InChI is InChI=1S/C12H14ClN5O2S/c13-8-2-1-3-9(6-8)16-11(20)18-17-10(19)7-21-12-14-4-5-15-12/h1-3,6H,4-5,7H2,(H,14,15)(H,17,19)(H2,16,18,20). The van der Waals surface area contributed by atoms with Gasteiger partial charge < -0.3 is 10.6 Å². The van der Waals surface area contributed by atoms with Crippen molar-refractivity contribution in [3.05, 3.63) is 29.3 Å². The zero-order valence-electron chi connectivity index (χ0n) is 11.0. The SMILES string of the molecule is O=C(CSC1=NCCN1)NNC(=O)Nc1cccc(Cl)c1. The van der Waals surface area contributed by atoms with Crippen LogP contribution in [0.25, 0.3) is 0 Å². The highest BCUT2D eigenvalue weighted by Crippen LogP contribution is 2.14. The number of amides is 3. The highest BCUT2D eigenvalue weighted by molar-refractivity contribution is 8.14. The van der Waals surface area contributed by atoms with Gasteiger partial charge in [-0.05, 0) is 18.2 Å². The van der Waals surface area contributed by atoms with Crippen molar-refractivity contribution in [2.45, 2.75) is 0 Å². The molecule has 2 rings (SSSR count). The first kappa shape index (κ1) is 15.5. The average molecular weight is 328 g/mol. The molecule has 0 bridgehead atoms. The Morgan fingerprint density at radius 1 is 1.38 bits per heavy atom. The van der Waals surface area contributed by atoms with Gasteiger partial charge in [0.05, 0.1) is 12.3 Å². The van der Waals surface area contributed by atoms with Gasteiger partial charge >= 0.3 is 6.03 Å². The average Bonchev–Trinajstić information content (AvgIpc) is 2.96. The van der Waals surface area contributed by atoms with E-state index in [0.29, 0.717) is 10.7 Å². The number of rotatable bonds is 3. The Kier molecular flexibility index (Phi) is 5.70. The molecular weight excluding hydrogens is 314 g/mol. The second-order valence-corrected chi connectivity index (χ2v) is 5.44. The first-order chi connectivity index (χ1) is 10.1. The number of benzene rings is 1. The summed E-state index contributed by atoms with van der Waals surface area (Å²) in [5.74, 6) is -0.152. The van der Waals surface area contributed by atoms with Crippen LogP contribution in [0.3, 0.4) is 0 Å². The molecule has 0 unspecified atom stereocenters. The monoisotopic (exact) mass is 327 g/mol. The van der Waals surface area contributed by atoms with Crippen molar-refractivity contribution in [2.75, 3.05) is 24.2 Å². The minimum Gasteiger partial charge on any atom is -0.363 e. The topological polar surface area (TPSA) is 94.6 Å². The number of hydrogen-bond donors (Lipinski definition) is 4. The molecule has 7 nitrogen and oxygen atoms in total. The maximum atomic E-state index is 11.6. The van der Waals surface area contributed by atoms with Crippen molar-refractivity contribution >= 4 is 46.2 Å². The second-order valence-electron chi connectivity index (χ2n) is 4.04. The number of amidine groups is 1. The van der Waals surface area contributed by atoms with E-state index in [4.69, 9.17) is 11.6 Å². The van der Waals surface area contributed by atoms with Crippen LogP contribution in [-0.4, -0.2) is 35.9 Å². The summed E-state index contributed by atoms with van der Waals surface area (Å²) in [4.78, 5) is 27.2. The van der Waals surface area contributed by atoms with Gasteiger partial charge in [-0.2, -0.15) is 0 Å². The molecule has 3 amide bonds. The Labute approximate surface area is 130 Å². The van der Waals surface area contributed by atoms with Gasteiger partial charge in [0.15, 0.2) is 5.17 Å². The molecule has 4 N–H and O–H groups in total. The van der Waals surface area contributed by atoms with Crippen LogP contribution in [0.5, 0.6) is 0 Å². The van der Waals surface area contributed by atoms with Crippen molar-refractivity contribution < 1.29 is 9.59 Å². The summed E-state index contributed by atoms with van der Waals surface area (Å²) in [5.41, 5.74) is 5.10. The molecular formula is C12H14ClN5O2S. The van der Waals surface area contributed by atoms with E-state index in [1.54, 1.807) is 24.3 Å². The number of nitrogens with zero attached hydrogens (tertiary/aromatic N) is 1. The molecule has 1 aromatic rings. The minimum atomic E-state index is -0.549. The molecule has 0 aliphatic carbocycles. The van der Waals surface area contributed by atoms with E-state index in [9.17, 15) is 9.59 Å². The molecule has 0 radical (unpaired) electrons. The van der Waals surface area contributed by atoms with Crippen LogP contribution in [0.15, 0.2) is 29.3 Å². The third-order valence-electron chi connectivity index (χ3n) is 2.38. The van der Waals surface area contributed by atoms with E-state index in [2.05, 4.69) is 26.5 Å². The zero-order valence-corrected chi connectivity index (χ0v) is 12.6. The van der Waals surface area contributed by atoms with Crippen molar-refractivity contribution in [1.82, 2.24) is 16.2 Å².